The summed E-state index contributed by atoms with van der Waals surface area (Å²) in [6.45, 7) is 9.76. The number of aromatic hydroxyl groups is 3. The number of hydrogen-bond donors (Lipinski definition) is 3. The van der Waals surface area contributed by atoms with Crippen molar-refractivity contribution >= 4 is 11.1 Å². The Hall–Kier alpha value is -2.42. The number of rotatable bonds is 2. The maximum atomic E-state index is 9.57. The molecule has 118 valence electrons. The van der Waals surface area contributed by atoms with Gasteiger partial charge in [0.15, 0.2) is 0 Å². The summed E-state index contributed by atoms with van der Waals surface area (Å²) in [6.07, 6.45) is 0. The monoisotopic (exact) mass is 300 g/mol. The lowest BCUT2D eigenvalue weighted by atomic mass is 9.95. The van der Waals surface area contributed by atoms with Crippen LogP contribution in [0.4, 0.5) is 0 Å². The van der Waals surface area contributed by atoms with Crippen molar-refractivity contribution in [3.05, 3.63) is 53.1 Å². The molecule has 0 spiro atoms. The van der Waals surface area contributed by atoms with E-state index in [1.807, 2.05) is 46.8 Å². The summed E-state index contributed by atoms with van der Waals surface area (Å²) >= 11 is 0. The fraction of sp³-hybridized carbons (Fsp3) is 0.263. The smallest absolute Gasteiger partial charge is 0.119 e. The lowest BCUT2D eigenvalue weighted by molar-refractivity contribution is 0.450. The standard InChI is InChI=1S/C17H18O3.C2H6/c1-10-6-13(4-5-17(10)20)11(2)12(3)14-7-15(18)9-16(19)8-14;1-2/h4-9,18-20H,1-3H3;1-2H3/b12-11+;. The van der Waals surface area contributed by atoms with Crippen molar-refractivity contribution in [1.29, 1.82) is 0 Å². The van der Waals surface area contributed by atoms with Crippen LogP contribution in [0.15, 0.2) is 36.4 Å². The minimum Gasteiger partial charge on any atom is -0.508 e. The van der Waals surface area contributed by atoms with Gasteiger partial charge in [0.1, 0.15) is 17.2 Å². The number of allylic oxidation sites excluding steroid dienone is 2. The lowest BCUT2D eigenvalue weighted by Crippen LogP contribution is -1.88. The Morgan fingerprint density at radius 2 is 1.23 bits per heavy atom. The van der Waals surface area contributed by atoms with Gasteiger partial charge in [-0.25, -0.2) is 0 Å². The van der Waals surface area contributed by atoms with Crippen LogP contribution in [0.25, 0.3) is 11.1 Å². The molecule has 3 N–H and O–H groups in total. The molecule has 0 aromatic heterocycles. The molecule has 2 rings (SSSR count). The first-order valence-electron chi connectivity index (χ1n) is 7.39. The molecule has 0 atom stereocenters. The molecule has 0 unspecified atom stereocenters. The Labute approximate surface area is 132 Å². The number of benzene rings is 2. The van der Waals surface area contributed by atoms with E-state index in [-0.39, 0.29) is 17.2 Å². The average Bonchev–Trinajstić information content (AvgIpc) is 2.49. The molecular weight excluding hydrogens is 276 g/mol. The Balaban J connectivity index is 0.00000116. The van der Waals surface area contributed by atoms with Crippen molar-refractivity contribution in [1.82, 2.24) is 0 Å². The summed E-state index contributed by atoms with van der Waals surface area (Å²) in [5.74, 6) is 0.345. The van der Waals surface area contributed by atoms with E-state index < -0.39 is 0 Å². The van der Waals surface area contributed by atoms with E-state index in [1.54, 1.807) is 18.2 Å². The van der Waals surface area contributed by atoms with Crippen molar-refractivity contribution in [3.8, 4) is 17.2 Å². The number of aryl methyl sites for hydroxylation is 1. The van der Waals surface area contributed by atoms with Gasteiger partial charge in [0.25, 0.3) is 0 Å². The number of phenolic OH excluding ortho intramolecular Hbond substituents is 3. The van der Waals surface area contributed by atoms with Gasteiger partial charge in [-0.15, -0.1) is 0 Å². The van der Waals surface area contributed by atoms with Crippen LogP contribution in [0.5, 0.6) is 17.2 Å². The van der Waals surface area contributed by atoms with Crippen molar-refractivity contribution in [2.75, 3.05) is 0 Å². The van der Waals surface area contributed by atoms with Crippen LogP contribution in [-0.2, 0) is 0 Å². The van der Waals surface area contributed by atoms with E-state index in [4.69, 9.17) is 0 Å². The summed E-state index contributed by atoms with van der Waals surface area (Å²) in [7, 11) is 0. The van der Waals surface area contributed by atoms with E-state index in [1.165, 1.54) is 6.07 Å². The van der Waals surface area contributed by atoms with E-state index in [0.717, 1.165) is 27.8 Å². The van der Waals surface area contributed by atoms with Crippen molar-refractivity contribution in [2.24, 2.45) is 0 Å². The average molecular weight is 300 g/mol. The van der Waals surface area contributed by atoms with Gasteiger partial charge in [-0.1, -0.05) is 19.9 Å². The highest BCUT2D eigenvalue weighted by Gasteiger charge is 2.07. The Kier molecular flexibility index (Phi) is 6.05. The molecule has 2 aromatic carbocycles. The van der Waals surface area contributed by atoms with Crippen LogP contribution in [0.1, 0.15) is 44.4 Å². The van der Waals surface area contributed by atoms with Crippen LogP contribution in [0, 0.1) is 6.92 Å². The third kappa shape index (κ3) is 4.04. The maximum absolute atomic E-state index is 9.57. The fourth-order valence-electron chi connectivity index (χ4n) is 2.13. The second kappa shape index (κ2) is 7.55. The topological polar surface area (TPSA) is 60.7 Å². The highest BCUT2D eigenvalue weighted by Crippen LogP contribution is 2.31. The van der Waals surface area contributed by atoms with E-state index in [2.05, 4.69) is 0 Å². The summed E-state index contributed by atoms with van der Waals surface area (Å²) in [4.78, 5) is 0. The van der Waals surface area contributed by atoms with Crippen molar-refractivity contribution < 1.29 is 15.3 Å². The molecule has 0 aliphatic heterocycles. The van der Waals surface area contributed by atoms with Gasteiger partial charge in [0, 0.05) is 6.07 Å². The number of hydrogen-bond acceptors (Lipinski definition) is 3. The molecule has 0 radical (unpaired) electrons. The first-order valence-corrected chi connectivity index (χ1v) is 7.39. The van der Waals surface area contributed by atoms with Crippen LogP contribution in [0.3, 0.4) is 0 Å². The van der Waals surface area contributed by atoms with Gasteiger partial charge < -0.3 is 15.3 Å². The van der Waals surface area contributed by atoms with Gasteiger partial charge in [0.2, 0.25) is 0 Å². The van der Waals surface area contributed by atoms with Gasteiger partial charge in [-0.05, 0) is 72.9 Å². The summed E-state index contributed by atoms with van der Waals surface area (Å²) < 4.78 is 0. The summed E-state index contributed by atoms with van der Waals surface area (Å²) in [5, 5.41) is 28.7. The third-order valence-electron chi connectivity index (χ3n) is 3.53. The largest absolute Gasteiger partial charge is 0.508 e. The molecule has 2 aromatic rings. The van der Waals surface area contributed by atoms with E-state index >= 15 is 0 Å². The molecule has 3 heteroatoms. The molecule has 0 aliphatic rings. The summed E-state index contributed by atoms with van der Waals surface area (Å²) in [5.41, 5.74) is 4.57. The zero-order chi connectivity index (χ0) is 16.9. The quantitative estimate of drug-likeness (QED) is 0.677. The van der Waals surface area contributed by atoms with Crippen LogP contribution >= 0.6 is 0 Å². The second-order valence-electron chi connectivity index (χ2n) is 4.99. The second-order valence-corrected chi connectivity index (χ2v) is 4.99. The molecule has 0 fully saturated rings. The highest BCUT2D eigenvalue weighted by molar-refractivity contribution is 5.89. The molecule has 0 saturated heterocycles. The Bertz CT molecular complexity index is 665. The first-order chi connectivity index (χ1) is 10.4. The lowest BCUT2D eigenvalue weighted by Gasteiger charge is -2.11. The summed E-state index contributed by atoms with van der Waals surface area (Å²) in [6, 6.07) is 9.97. The van der Waals surface area contributed by atoms with Crippen molar-refractivity contribution in [3.63, 3.8) is 0 Å². The molecular formula is C19H24O3. The maximum Gasteiger partial charge on any atom is 0.119 e. The zero-order valence-electron chi connectivity index (χ0n) is 13.8. The minimum atomic E-state index is 0.0361. The third-order valence-corrected chi connectivity index (χ3v) is 3.53. The fourth-order valence-corrected chi connectivity index (χ4v) is 2.13. The van der Waals surface area contributed by atoms with Crippen molar-refractivity contribution in [2.45, 2.75) is 34.6 Å². The highest BCUT2D eigenvalue weighted by atomic mass is 16.3. The number of phenols is 3. The molecule has 0 aliphatic carbocycles. The first kappa shape index (κ1) is 17.6. The SMILES string of the molecule is C/C(=C(/C)c1ccc(O)c(C)c1)c1cc(O)cc(O)c1.CC. The molecule has 0 amide bonds. The predicted octanol–water partition coefficient (Wildman–Crippen LogP) is 5.09. The Morgan fingerprint density at radius 3 is 1.73 bits per heavy atom. The molecule has 0 heterocycles. The molecule has 0 bridgehead atoms. The van der Waals surface area contributed by atoms with Crippen LogP contribution in [0.2, 0.25) is 0 Å². The van der Waals surface area contributed by atoms with Gasteiger partial charge in [-0.2, -0.15) is 0 Å². The van der Waals surface area contributed by atoms with E-state index in [9.17, 15) is 15.3 Å². The predicted molar refractivity (Wildman–Crippen MR) is 92.1 cm³/mol. The zero-order valence-corrected chi connectivity index (χ0v) is 13.8. The van der Waals surface area contributed by atoms with E-state index in [0.29, 0.717) is 0 Å². The molecule has 3 nitrogen and oxygen atoms in total. The Morgan fingerprint density at radius 1 is 0.727 bits per heavy atom. The van der Waals surface area contributed by atoms with Crippen LogP contribution < -0.4 is 0 Å². The van der Waals surface area contributed by atoms with Gasteiger partial charge in [0.05, 0.1) is 0 Å². The minimum absolute atomic E-state index is 0.0361. The molecule has 0 saturated carbocycles. The van der Waals surface area contributed by atoms with Crippen LogP contribution in [-0.4, -0.2) is 15.3 Å². The van der Waals surface area contributed by atoms with Gasteiger partial charge >= 0.3 is 0 Å². The molecule has 22 heavy (non-hydrogen) atoms. The van der Waals surface area contributed by atoms with Gasteiger partial charge in [-0.3, -0.25) is 0 Å². The normalized spacial score (nSPS) is 11.3.